The van der Waals surface area contributed by atoms with E-state index in [0.29, 0.717) is 33.0 Å². The summed E-state index contributed by atoms with van der Waals surface area (Å²) in [6, 6.07) is 2.99. The van der Waals surface area contributed by atoms with Gasteiger partial charge in [-0.3, -0.25) is 0 Å². The van der Waals surface area contributed by atoms with Crippen molar-refractivity contribution in [3.05, 3.63) is 38.8 Å². The van der Waals surface area contributed by atoms with E-state index >= 15 is 0 Å². The van der Waals surface area contributed by atoms with Gasteiger partial charge in [0.15, 0.2) is 0 Å². The molecule has 0 aliphatic carbocycles. The number of carboxylic acid groups (broad SMARTS) is 1. The lowest BCUT2D eigenvalue weighted by molar-refractivity contribution is 0.0683. The van der Waals surface area contributed by atoms with Crippen LogP contribution < -0.4 is 0 Å². The van der Waals surface area contributed by atoms with Crippen molar-refractivity contribution in [2.75, 3.05) is 0 Å². The molecule has 0 radical (unpaired) electrons. The van der Waals surface area contributed by atoms with Gasteiger partial charge in [0.05, 0.1) is 20.8 Å². The van der Waals surface area contributed by atoms with E-state index in [4.69, 9.17) is 39.9 Å². The Labute approximate surface area is 123 Å². The number of carbonyl (C=O) groups is 1. The minimum Gasteiger partial charge on any atom is -0.475 e. The summed E-state index contributed by atoms with van der Waals surface area (Å²) in [6.07, 6.45) is 0.497. The highest BCUT2D eigenvalue weighted by atomic mass is 35.5. The zero-order chi connectivity index (χ0) is 14.2. The highest BCUT2D eigenvalue weighted by molar-refractivity contribution is 6.43. The van der Waals surface area contributed by atoms with E-state index in [9.17, 15) is 4.79 Å². The molecule has 0 fully saturated rings. The molecular formula is C11H8Cl3N3O2. The van der Waals surface area contributed by atoms with Crippen molar-refractivity contribution in [3.8, 4) is 5.69 Å². The number of halogens is 3. The maximum Gasteiger partial charge on any atom is 0.375 e. The van der Waals surface area contributed by atoms with Gasteiger partial charge in [-0.2, -0.15) is 0 Å². The van der Waals surface area contributed by atoms with E-state index < -0.39 is 5.97 Å². The summed E-state index contributed by atoms with van der Waals surface area (Å²) in [7, 11) is 0. The van der Waals surface area contributed by atoms with Crippen molar-refractivity contribution in [1.82, 2.24) is 14.8 Å². The zero-order valence-electron chi connectivity index (χ0n) is 9.69. The van der Waals surface area contributed by atoms with E-state index in [0.717, 1.165) is 0 Å². The van der Waals surface area contributed by atoms with Gasteiger partial charge in [0.25, 0.3) is 5.82 Å². The van der Waals surface area contributed by atoms with Crippen molar-refractivity contribution in [3.63, 3.8) is 0 Å². The van der Waals surface area contributed by atoms with Crippen molar-refractivity contribution in [2.45, 2.75) is 13.3 Å². The van der Waals surface area contributed by atoms with Crippen molar-refractivity contribution in [1.29, 1.82) is 0 Å². The Kier molecular flexibility index (Phi) is 3.99. The van der Waals surface area contributed by atoms with E-state index in [1.165, 1.54) is 16.8 Å². The molecule has 19 heavy (non-hydrogen) atoms. The van der Waals surface area contributed by atoms with Crippen LogP contribution in [0, 0.1) is 0 Å². The van der Waals surface area contributed by atoms with Crippen LogP contribution in [0.4, 0.5) is 0 Å². The monoisotopic (exact) mass is 319 g/mol. The van der Waals surface area contributed by atoms with Gasteiger partial charge in [-0.15, -0.1) is 5.10 Å². The van der Waals surface area contributed by atoms with Crippen molar-refractivity contribution >= 4 is 40.8 Å². The first-order chi connectivity index (χ1) is 8.93. The summed E-state index contributed by atoms with van der Waals surface area (Å²) in [5.74, 6) is -1.03. The lowest BCUT2D eigenvalue weighted by Crippen LogP contribution is -2.04. The number of rotatable bonds is 3. The lowest BCUT2D eigenvalue weighted by atomic mass is 10.3. The molecule has 8 heteroatoms. The van der Waals surface area contributed by atoms with Crippen LogP contribution in [0.25, 0.3) is 5.69 Å². The SMILES string of the molecule is CCc1nc(C(=O)O)nn1-c1cc(Cl)c(Cl)cc1Cl. The third-order valence-electron chi connectivity index (χ3n) is 2.40. The molecular weight excluding hydrogens is 312 g/mol. The number of aryl methyl sites for hydroxylation is 1. The predicted molar refractivity (Wildman–Crippen MR) is 72.7 cm³/mol. The van der Waals surface area contributed by atoms with Gasteiger partial charge < -0.3 is 5.11 Å². The summed E-state index contributed by atoms with van der Waals surface area (Å²) < 4.78 is 1.36. The smallest absolute Gasteiger partial charge is 0.375 e. The Morgan fingerprint density at radius 2 is 1.89 bits per heavy atom. The number of benzene rings is 1. The minimum absolute atomic E-state index is 0.293. The highest BCUT2D eigenvalue weighted by Crippen LogP contribution is 2.31. The largest absolute Gasteiger partial charge is 0.475 e. The third-order valence-corrected chi connectivity index (χ3v) is 3.42. The number of nitrogens with zero attached hydrogens (tertiary/aromatic N) is 3. The maximum absolute atomic E-state index is 10.9. The lowest BCUT2D eigenvalue weighted by Gasteiger charge is -2.08. The van der Waals surface area contributed by atoms with Gasteiger partial charge in [0, 0.05) is 6.42 Å². The first-order valence-electron chi connectivity index (χ1n) is 5.28. The Hall–Kier alpha value is -1.30. The fraction of sp³-hybridized carbons (Fsp3) is 0.182. The second kappa shape index (κ2) is 5.36. The van der Waals surface area contributed by atoms with E-state index in [-0.39, 0.29) is 5.82 Å². The zero-order valence-corrected chi connectivity index (χ0v) is 12.0. The van der Waals surface area contributed by atoms with E-state index in [1.54, 1.807) is 0 Å². The molecule has 1 heterocycles. The Balaban J connectivity index is 2.64. The van der Waals surface area contributed by atoms with Gasteiger partial charge in [-0.05, 0) is 12.1 Å². The molecule has 0 saturated heterocycles. The topological polar surface area (TPSA) is 68.0 Å². The first-order valence-corrected chi connectivity index (χ1v) is 6.41. The van der Waals surface area contributed by atoms with Crippen LogP contribution in [0.3, 0.4) is 0 Å². The second-order valence-electron chi connectivity index (χ2n) is 3.64. The van der Waals surface area contributed by atoms with Crippen LogP contribution in [-0.2, 0) is 6.42 Å². The van der Waals surface area contributed by atoms with Gasteiger partial charge in [0.2, 0.25) is 0 Å². The maximum atomic E-state index is 10.9. The Bertz CT molecular complexity index is 655. The summed E-state index contributed by atoms with van der Waals surface area (Å²) >= 11 is 17.9. The molecule has 1 aromatic heterocycles. The number of carboxylic acids is 1. The summed E-state index contributed by atoms with van der Waals surface area (Å²) in [4.78, 5) is 14.8. The molecule has 2 aromatic rings. The molecule has 1 N–H and O–H groups in total. The fourth-order valence-corrected chi connectivity index (χ4v) is 2.15. The van der Waals surface area contributed by atoms with Crippen LogP contribution in [0.1, 0.15) is 23.4 Å². The van der Waals surface area contributed by atoms with E-state index in [1.807, 2.05) is 6.92 Å². The molecule has 0 spiro atoms. The average Bonchev–Trinajstić information content (AvgIpc) is 2.77. The molecule has 0 aliphatic rings. The minimum atomic E-state index is -1.20. The first kappa shape index (κ1) is 14.1. The number of aromatic nitrogens is 3. The van der Waals surface area contributed by atoms with Gasteiger partial charge in [-0.25, -0.2) is 14.5 Å². The van der Waals surface area contributed by atoms with Crippen molar-refractivity contribution < 1.29 is 9.90 Å². The molecule has 0 amide bonds. The van der Waals surface area contributed by atoms with Crippen LogP contribution in [-0.4, -0.2) is 25.8 Å². The molecule has 1 aromatic carbocycles. The highest BCUT2D eigenvalue weighted by Gasteiger charge is 2.18. The number of hydrogen-bond donors (Lipinski definition) is 1. The molecule has 0 atom stereocenters. The molecule has 100 valence electrons. The van der Waals surface area contributed by atoms with Crippen LogP contribution >= 0.6 is 34.8 Å². The standard InChI is InChI=1S/C11H8Cl3N3O2/c1-2-9-15-10(11(18)19)16-17(9)8-4-6(13)5(12)3-7(8)14/h3-4H,2H2,1H3,(H,18,19). The predicted octanol–water partition coefficient (Wildman–Crippen LogP) is 3.49. The number of hydrogen-bond acceptors (Lipinski definition) is 3. The molecule has 0 saturated carbocycles. The van der Waals surface area contributed by atoms with Crippen LogP contribution in [0.15, 0.2) is 12.1 Å². The van der Waals surface area contributed by atoms with Crippen molar-refractivity contribution in [2.24, 2.45) is 0 Å². The summed E-state index contributed by atoms with van der Waals surface area (Å²) in [5, 5.41) is 13.7. The second-order valence-corrected chi connectivity index (χ2v) is 4.86. The molecule has 0 bridgehead atoms. The average molecular weight is 321 g/mol. The Morgan fingerprint density at radius 1 is 1.26 bits per heavy atom. The normalized spacial score (nSPS) is 10.7. The molecule has 0 aliphatic heterocycles. The quantitative estimate of drug-likeness (QED) is 0.879. The van der Waals surface area contributed by atoms with Gasteiger partial charge >= 0.3 is 5.97 Å². The van der Waals surface area contributed by atoms with Gasteiger partial charge in [-0.1, -0.05) is 41.7 Å². The molecule has 0 unspecified atom stereocenters. The summed E-state index contributed by atoms with van der Waals surface area (Å²) in [6.45, 7) is 1.83. The Morgan fingerprint density at radius 3 is 2.47 bits per heavy atom. The molecule has 2 rings (SSSR count). The third kappa shape index (κ3) is 2.68. The molecule has 5 nitrogen and oxygen atoms in total. The van der Waals surface area contributed by atoms with E-state index in [2.05, 4.69) is 10.1 Å². The van der Waals surface area contributed by atoms with Crippen LogP contribution in [0.5, 0.6) is 0 Å². The van der Waals surface area contributed by atoms with Crippen LogP contribution in [0.2, 0.25) is 15.1 Å². The van der Waals surface area contributed by atoms with Gasteiger partial charge in [0.1, 0.15) is 5.82 Å². The summed E-state index contributed by atoms with van der Waals surface area (Å²) in [5.41, 5.74) is 0.438. The number of aromatic carboxylic acids is 1. The fourth-order valence-electron chi connectivity index (χ4n) is 1.53.